The summed E-state index contributed by atoms with van der Waals surface area (Å²) in [5.74, 6) is 1.17. The van der Waals surface area contributed by atoms with Gasteiger partial charge in [-0.2, -0.15) is 0 Å². The molecule has 0 aromatic carbocycles. The smallest absolute Gasteiger partial charge is 0.0976 e. The number of hydrogen-bond acceptors (Lipinski definition) is 3. The molecule has 0 spiro atoms. The van der Waals surface area contributed by atoms with Gasteiger partial charge in [-0.1, -0.05) is 6.92 Å². The van der Waals surface area contributed by atoms with Crippen LogP contribution < -0.4 is 5.32 Å². The SMILES string of the molecule is CCC1CSC(c2ncc(Br)cc2Br)N1. The zero-order chi connectivity index (χ0) is 10.8. The number of nitrogens with one attached hydrogen (secondary N) is 1. The standard InChI is InChI=1S/C10H12Br2N2S/c1-2-7-5-15-10(14-7)9-8(12)3-6(11)4-13-9/h3-4,7,10,14H,2,5H2,1H3. The van der Waals surface area contributed by atoms with Gasteiger partial charge in [-0.15, -0.1) is 11.8 Å². The van der Waals surface area contributed by atoms with Crippen LogP contribution in [0.15, 0.2) is 21.2 Å². The fourth-order valence-electron chi connectivity index (χ4n) is 1.53. The average Bonchev–Trinajstić information content (AvgIpc) is 2.66. The Kier molecular flexibility index (Phi) is 4.10. The molecule has 1 saturated heterocycles. The molecule has 1 aliphatic heterocycles. The van der Waals surface area contributed by atoms with Crippen LogP contribution in [0.1, 0.15) is 24.4 Å². The van der Waals surface area contributed by atoms with Crippen molar-refractivity contribution in [3.8, 4) is 0 Å². The van der Waals surface area contributed by atoms with E-state index in [1.54, 1.807) is 0 Å². The van der Waals surface area contributed by atoms with Gasteiger partial charge in [0.15, 0.2) is 0 Å². The van der Waals surface area contributed by atoms with E-state index in [-0.39, 0.29) is 0 Å². The lowest BCUT2D eigenvalue weighted by atomic mass is 10.2. The van der Waals surface area contributed by atoms with Crippen molar-refractivity contribution in [3.63, 3.8) is 0 Å². The summed E-state index contributed by atoms with van der Waals surface area (Å²) in [6.07, 6.45) is 3.03. The maximum absolute atomic E-state index is 4.45. The zero-order valence-electron chi connectivity index (χ0n) is 8.34. The summed E-state index contributed by atoms with van der Waals surface area (Å²) < 4.78 is 2.08. The maximum atomic E-state index is 4.45. The summed E-state index contributed by atoms with van der Waals surface area (Å²) in [4.78, 5) is 4.45. The Labute approximate surface area is 111 Å². The number of halogens is 2. The van der Waals surface area contributed by atoms with E-state index >= 15 is 0 Å². The Morgan fingerprint density at radius 3 is 3.00 bits per heavy atom. The molecule has 82 valence electrons. The van der Waals surface area contributed by atoms with Gasteiger partial charge in [0.2, 0.25) is 0 Å². The minimum Gasteiger partial charge on any atom is -0.297 e. The molecule has 1 fully saturated rings. The molecule has 0 saturated carbocycles. The molecule has 1 aliphatic rings. The van der Waals surface area contributed by atoms with Gasteiger partial charge < -0.3 is 0 Å². The van der Waals surface area contributed by atoms with Gasteiger partial charge >= 0.3 is 0 Å². The number of nitrogens with zero attached hydrogens (tertiary/aromatic N) is 1. The lowest BCUT2D eigenvalue weighted by molar-refractivity contribution is 0.555. The lowest BCUT2D eigenvalue weighted by Crippen LogP contribution is -2.25. The van der Waals surface area contributed by atoms with Gasteiger partial charge in [-0.05, 0) is 44.3 Å². The van der Waals surface area contributed by atoms with Crippen molar-refractivity contribution < 1.29 is 0 Å². The molecule has 2 heterocycles. The van der Waals surface area contributed by atoms with Gasteiger partial charge in [-0.3, -0.25) is 10.3 Å². The van der Waals surface area contributed by atoms with Gasteiger partial charge in [0, 0.05) is 26.9 Å². The van der Waals surface area contributed by atoms with Crippen LogP contribution in [-0.4, -0.2) is 16.8 Å². The van der Waals surface area contributed by atoms with Crippen LogP contribution in [0.25, 0.3) is 0 Å². The third-order valence-corrected chi connectivity index (χ3v) is 4.78. The van der Waals surface area contributed by atoms with Crippen LogP contribution in [0, 0.1) is 0 Å². The maximum Gasteiger partial charge on any atom is 0.0976 e. The Morgan fingerprint density at radius 2 is 2.40 bits per heavy atom. The predicted octanol–water partition coefficient (Wildman–Crippen LogP) is 3.72. The van der Waals surface area contributed by atoms with Crippen LogP contribution >= 0.6 is 43.6 Å². The number of aromatic nitrogens is 1. The molecule has 1 aromatic rings. The van der Waals surface area contributed by atoms with E-state index in [0.29, 0.717) is 11.4 Å². The number of hydrogen-bond donors (Lipinski definition) is 1. The molecule has 0 amide bonds. The van der Waals surface area contributed by atoms with Crippen molar-refractivity contribution in [2.24, 2.45) is 0 Å². The largest absolute Gasteiger partial charge is 0.297 e. The minimum absolute atomic E-state index is 0.331. The van der Waals surface area contributed by atoms with E-state index in [0.717, 1.165) is 14.6 Å². The van der Waals surface area contributed by atoms with Crippen LogP contribution in [0.2, 0.25) is 0 Å². The van der Waals surface area contributed by atoms with Crippen molar-refractivity contribution in [1.29, 1.82) is 0 Å². The number of rotatable bonds is 2. The van der Waals surface area contributed by atoms with E-state index in [2.05, 4.69) is 49.1 Å². The Hall–Kier alpha value is 0.420. The second-order valence-corrected chi connectivity index (χ2v) is 6.41. The highest BCUT2D eigenvalue weighted by molar-refractivity contribution is 9.11. The summed E-state index contributed by atoms with van der Waals surface area (Å²) in [6, 6.07) is 2.67. The van der Waals surface area contributed by atoms with Gasteiger partial charge in [-0.25, -0.2) is 0 Å². The Morgan fingerprint density at radius 1 is 1.60 bits per heavy atom. The molecule has 0 aliphatic carbocycles. The Bertz CT molecular complexity index is 359. The summed E-state index contributed by atoms with van der Waals surface area (Å²) >= 11 is 8.89. The highest BCUT2D eigenvalue weighted by Gasteiger charge is 2.26. The first-order valence-electron chi connectivity index (χ1n) is 4.89. The first kappa shape index (κ1) is 11.9. The van der Waals surface area contributed by atoms with E-state index in [1.807, 2.05) is 24.0 Å². The van der Waals surface area contributed by atoms with Crippen molar-refractivity contribution in [2.45, 2.75) is 24.8 Å². The van der Waals surface area contributed by atoms with Crippen molar-refractivity contribution in [2.75, 3.05) is 5.75 Å². The van der Waals surface area contributed by atoms with Crippen molar-refractivity contribution in [3.05, 3.63) is 26.9 Å². The molecule has 5 heteroatoms. The number of thioether (sulfide) groups is 1. The van der Waals surface area contributed by atoms with Crippen LogP contribution in [-0.2, 0) is 0 Å². The molecule has 2 unspecified atom stereocenters. The molecule has 15 heavy (non-hydrogen) atoms. The molecule has 0 radical (unpaired) electrons. The molecule has 0 bridgehead atoms. The fraction of sp³-hybridized carbons (Fsp3) is 0.500. The van der Waals surface area contributed by atoms with Crippen LogP contribution in [0.4, 0.5) is 0 Å². The normalized spacial score (nSPS) is 25.8. The first-order valence-corrected chi connectivity index (χ1v) is 7.52. The van der Waals surface area contributed by atoms with Gasteiger partial charge in [0.05, 0.1) is 11.1 Å². The lowest BCUT2D eigenvalue weighted by Gasteiger charge is -2.12. The molecule has 1 aromatic heterocycles. The predicted molar refractivity (Wildman–Crippen MR) is 72.1 cm³/mol. The summed E-state index contributed by atoms with van der Waals surface area (Å²) in [7, 11) is 0. The van der Waals surface area contributed by atoms with Gasteiger partial charge in [0.25, 0.3) is 0 Å². The van der Waals surface area contributed by atoms with Crippen LogP contribution in [0.5, 0.6) is 0 Å². The van der Waals surface area contributed by atoms with Crippen molar-refractivity contribution >= 4 is 43.6 Å². The zero-order valence-corrected chi connectivity index (χ0v) is 12.3. The van der Waals surface area contributed by atoms with Crippen LogP contribution in [0.3, 0.4) is 0 Å². The average molecular weight is 352 g/mol. The quantitative estimate of drug-likeness (QED) is 0.878. The van der Waals surface area contributed by atoms with E-state index in [4.69, 9.17) is 0 Å². The summed E-state index contributed by atoms with van der Waals surface area (Å²) in [5.41, 5.74) is 1.10. The molecule has 2 rings (SSSR count). The van der Waals surface area contributed by atoms with Gasteiger partial charge in [0.1, 0.15) is 0 Å². The van der Waals surface area contributed by atoms with E-state index in [1.165, 1.54) is 12.2 Å². The second-order valence-electron chi connectivity index (χ2n) is 3.51. The first-order chi connectivity index (χ1) is 7.20. The summed E-state index contributed by atoms with van der Waals surface area (Å²) in [5, 5.41) is 3.90. The van der Waals surface area contributed by atoms with E-state index < -0.39 is 0 Å². The highest BCUT2D eigenvalue weighted by atomic mass is 79.9. The fourth-order valence-corrected chi connectivity index (χ4v) is 4.29. The highest BCUT2D eigenvalue weighted by Crippen LogP contribution is 2.36. The second kappa shape index (κ2) is 5.17. The topological polar surface area (TPSA) is 24.9 Å². The molecular formula is C10H12Br2N2S. The minimum atomic E-state index is 0.331. The third-order valence-electron chi connectivity index (χ3n) is 2.43. The molecule has 1 N–H and O–H groups in total. The molecule has 2 atom stereocenters. The van der Waals surface area contributed by atoms with Crippen molar-refractivity contribution in [1.82, 2.24) is 10.3 Å². The molecular weight excluding hydrogens is 340 g/mol. The third kappa shape index (κ3) is 2.75. The Balaban J connectivity index is 2.17. The summed E-state index contributed by atoms with van der Waals surface area (Å²) in [6.45, 7) is 2.21. The number of pyridine rings is 1. The van der Waals surface area contributed by atoms with E-state index in [9.17, 15) is 0 Å². The monoisotopic (exact) mass is 350 g/mol. The molecule has 2 nitrogen and oxygen atoms in total.